The summed E-state index contributed by atoms with van der Waals surface area (Å²) in [5.74, 6) is 0.108. The van der Waals surface area contributed by atoms with E-state index in [1.807, 2.05) is 0 Å². The van der Waals surface area contributed by atoms with E-state index in [4.69, 9.17) is 0 Å². The summed E-state index contributed by atoms with van der Waals surface area (Å²) in [4.78, 5) is 27.1. The molecular weight excluding hydrogens is 232 g/mol. The molecule has 0 fully saturated rings. The minimum Gasteiger partial charge on any atom is -0.309 e. The highest BCUT2D eigenvalue weighted by Crippen LogP contribution is 1.99. The molecule has 0 aliphatic rings. The number of hydrogen-bond acceptors (Lipinski definition) is 4. The minimum atomic E-state index is -0.339. The SMILES string of the molecule is Cc1ccc(=O)n(CC(=O)Nc2ccccn2)n1. The van der Waals surface area contributed by atoms with Crippen LogP contribution in [0.2, 0.25) is 0 Å². The summed E-state index contributed by atoms with van der Waals surface area (Å²) in [5.41, 5.74) is 0.372. The number of nitrogens with one attached hydrogen (secondary N) is 1. The van der Waals surface area contributed by atoms with Crippen LogP contribution in [0, 0.1) is 6.92 Å². The summed E-state index contributed by atoms with van der Waals surface area (Å²) in [5, 5.41) is 6.56. The third-order valence-corrected chi connectivity index (χ3v) is 2.23. The van der Waals surface area contributed by atoms with Crippen LogP contribution in [0.4, 0.5) is 5.82 Å². The van der Waals surface area contributed by atoms with Gasteiger partial charge in [-0.25, -0.2) is 9.67 Å². The van der Waals surface area contributed by atoms with Gasteiger partial charge in [-0.05, 0) is 25.1 Å². The highest BCUT2D eigenvalue weighted by atomic mass is 16.2. The number of amides is 1. The molecule has 1 amide bonds. The Hall–Kier alpha value is -2.50. The molecule has 0 radical (unpaired) electrons. The Morgan fingerprint density at radius 2 is 2.17 bits per heavy atom. The molecule has 6 heteroatoms. The van der Waals surface area contributed by atoms with E-state index in [1.165, 1.54) is 6.07 Å². The van der Waals surface area contributed by atoms with Crippen molar-refractivity contribution in [1.29, 1.82) is 0 Å². The second kappa shape index (κ2) is 5.22. The lowest BCUT2D eigenvalue weighted by atomic mass is 10.4. The second-order valence-corrected chi connectivity index (χ2v) is 3.73. The van der Waals surface area contributed by atoms with E-state index in [9.17, 15) is 9.59 Å². The van der Waals surface area contributed by atoms with E-state index in [2.05, 4.69) is 15.4 Å². The van der Waals surface area contributed by atoms with Gasteiger partial charge >= 0.3 is 0 Å². The van der Waals surface area contributed by atoms with E-state index >= 15 is 0 Å². The molecule has 2 heterocycles. The molecule has 0 aromatic carbocycles. The normalized spacial score (nSPS) is 10.1. The van der Waals surface area contributed by atoms with Gasteiger partial charge in [0.05, 0.1) is 5.69 Å². The first kappa shape index (κ1) is 12.0. The van der Waals surface area contributed by atoms with Gasteiger partial charge < -0.3 is 5.32 Å². The molecule has 2 aromatic heterocycles. The van der Waals surface area contributed by atoms with Gasteiger partial charge in [0.25, 0.3) is 5.56 Å². The van der Waals surface area contributed by atoms with Crippen LogP contribution in [0.25, 0.3) is 0 Å². The first-order chi connectivity index (χ1) is 8.65. The zero-order valence-corrected chi connectivity index (χ0v) is 9.83. The van der Waals surface area contributed by atoms with Gasteiger partial charge in [0.2, 0.25) is 5.91 Å². The monoisotopic (exact) mass is 244 g/mol. The Morgan fingerprint density at radius 3 is 2.89 bits per heavy atom. The quantitative estimate of drug-likeness (QED) is 0.857. The molecule has 0 bridgehead atoms. The van der Waals surface area contributed by atoms with Gasteiger partial charge in [0.1, 0.15) is 12.4 Å². The van der Waals surface area contributed by atoms with Crippen LogP contribution in [-0.2, 0) is 11.3 Å². The Bertz CT molecular complexity index is 607. The van der Waals surface area contributed by atoms with Gasteiger partial charge in [-0.3, -0.25) is 9.59 Å². The summed E-state index contributed by atoms with van der Waals surface area (Å²) >= 11 is 0. The molecular formula is C12H12N4O2. The maximum Gasteiger partial charge on any atom is 0.267 e. The van der Waals surface area contributed by atoms with Crippen LogP contribution in [0.1, 0.15) is 5.69 Å². The maximum atomic E-state index is 11.7. The Morgan fingerprint density at radius 1 is 1.33 bits per heavy atom. The number of nitrogens with zero attached hydrogens (tertiary/aromatic N) is 3. The van der Waals surface area contributed by atoms with Crippen LogP contribution in [0.5, 0.6) is 0 Å². The van der Waals surface area contributed by atoms with Gasteiger partial charge in [0, 0.05) is 12.3 Å². The fourth-order valence-corrected chi connectivity index (χ4v) is 1.42. The fourth-order valence-electron chi connectivity index (χ4n) is 1.42. The fraction of sp³-hybridized carbons (Fsp3) is 0.167. The molecule has 0 spiro atoms. The van der Waals surface area contributed by atoms with Gasteiger partial charge in [-0.1, -0.05) is 6.07 Å². The summed E-state index contributed by atoms with van der Waals surface area (Å²) in [7, 11) is 0. The first-order valence-corrected chi connectivity index (χ1v) is 5.41. The van der Waals surface area contributed by atoms with Crippen LogP contribution in [0.3, 0.4) is 0 Å². The molecule has 0 aliphatic carbocycles. The summed E-state index contributed by atoms with van der Waals surface area (Å²) in [6, 6.07) is 8.18. The van der Waals surface area contributed by atoms with Crippen molar-refractivity contribution in [2.24, 2.45) is 0 Å². The second-order valence-electron chi connectivity index (χ2n) is 3.73. The number of rotatable bonds is 3. The molecule has 92 valence electrons. The van der Waals surface area contributed by atoms with Crippen molar-refractivity contribution in [2.45, 2.75) is 13.5 Å². The topological polar surface area (TPSA) is 76.9 Å². The van der Waals surface area contributed by atoms with Crippen LogP contribution >= 0.6 is 0 Å². The summed E-state index contributed by atoms with van der Waals surface area (Å²) in [6.07, 6.45) is 1.58. The van der Waals surface area contributed by atoms with Gasteiger partial charge in [-0.15, -0.1) is 0 Å². The molecule has 1 N–H and O–H groups in total. The zero-order chi connectivity index (χ0) is 13.0. The Kier molecular flexibility index (Phi) is 3.47. The number of carbonyl (C=O) groups excluding carboxylic acids is 1. The van der Waals surface area contributed by atoms with E-state index < -0.39 is 0 Å². The molecule has 0 unspecified atom stereocenters. The molecule has 2 aromatic rings. The molecule has 6 nitrogen and oxygen atoms in total. The smallest absolute Gasteiger partial charge is 0.267 e. The zero-order valence-electron chi connectivity index (χ0n) is 9.83. The van der Waals surface area contributed by atoms with Crippen LogP contribution in [0.15, 0.2) is 41.3 Å². The lowest BCUT2D eigenvalue weighted by Crippen LogP contribution is -2.29. The van der Waals surface area contributed by atoms with E-state index in [-0.39, 0.29) is 18.0 Å². The van der Waals surface area contributed by atoms with Crippen molar-refractivity contribution < 1.29 is 4.79 Å². The molecule has 2 rings (SSSR count). The van der Waals surface area contributed by atoms with Gasteiger partial charge in [-0.2, -0.15) is 5.10 Å². The lowest BCUT2D eigenvalue weighted by molar-refractivity contribution is -0.117. The predicted octanol–water partition coefficient (Wildman–Crippen LogP) is 0.585. The van der Waals surface area contributed by atoms with Crippen molar-refractivity contribution in [3.05, 3.63) is 52.6 Å². The van der Waals surface area contributed by atoms with Crippen molar-refractivity contribution >= 4 is 11.7 Å². The van der Waals surface area contributed by atoms with Gasteiger partial charge in [0.15, 0.2) is 0 Å². The Balaban J connectivity index is 2.08. The molecule has 0 saturated heterocycles. The molecule has 18 heavy (non-hydrogen) atoms. The number of anilines is 1. The highest BCUT2D eigenvalue weighted by molar-refractivity contribution is 5.89. The largest absolute Gasteiger partial charge is 0.309 e. The van der Waals surface area contributed by atoms with Crippen LogP contribution < -0.4 is 10.9 Å². The summed E-state index contributed by atoms with van der Waals surface area (Å²) < 4.78 is 1.12. The average molecular weight is 244 g/mol. The minimum absolute atomic E-state index is 0.128. The van der Waals surface area contributed by atoms with Crippen molar-refractivity contribution in [2.75, 3.05) is 5.32 Å². The number of pyridine rings is 1. The van der Waals surface area contributed by atoms with E-state index in [0.29, 0.717) is 11.5 Å². The molecule has 0 aliphatic heterocycles. The number of aryl methyl sites for hydroxylation is 1. The van der Waals surface area contributed by atoms with Crippen molar-refractivity contribution in [1.82, 2.24) is 14.8 Å². The molecule has 0 atom stereocenters. The predicted molar refractivity (Wildman–Crippen MR) is 66.1 cm³/mol. The van der Waals surface area contributed by atoms with E-state index in [1.54, 1.807) is 37.4 Å². The lowest BCUT2D eigenvalue weighted by Gasteiger charge is -2.06. The third kappa shape index (κ3) is 3.00. The standard InChI is InChI=1S/C12H12N4O2/c1-9-5-6-12(18)16(15-9)8-11(17)14-10-4-2-3-7-13-10/h2-7H,8H2,1H3,(H,13,14,17). The molecule has 0 saturated carbocycles. The Labute approximate surface area is 103 Å². The first-order valence-electron chi connectivity index (χ1n) is 5.41. The van der Waals surface area contributed by atoms with Crippen molar-refractivity contribution in [3.8, 4) is 0 Å². The third-order valence-electron chi connectivity index (χ3n) is 2.23. The average Bonchev–Trinajstić information content (AvgIpc) is 2.35. The summed E-state index contributed by atoms with van der Waals surface area (Å²) in [6.45, 7) is 1.63. The highest BCUT2D eigenvalue weighted by Gasteiger charge is 2.06. The van der Waals surface area contributed by atoms with E-state index in [0.717, 1.165) is 4.68 Å². The van der Waals surface area contributed by atoms with Crippen LogP contribution in [-0.4, -0.2) is 20.7 Å². The maximum absolute atomic E-state index is 11.7. The van der Waals surface area contributed by atoms with Crippen molar-refractivity contribution in [3.63, 3.8) is 0 Å². The number of aromatic nitrogens is 3. The number of hydrogen-bond donors (Lipinski definition) is 1. The number of carbonyl (C=O) groups is 1.